The molecule has 0 aliphatic rings. The highest BCUT2D eigenvalue weighted by Crippen LogP contribution is 2.13. The van der Waals surface area contributed by atoms with Crippen molar-refractivity contribution in [2.24, 2.45) is 0 Å². The highest BCUT2D eigenvalue weighted by atomic mass is 32.1. The van der Waals surface area contributed by atoms with Gasteiger partial charge in [-0.05, 0) is 55.8 Å². The van der Waals surface area contributed by atoms with Crippen molar-refractivity contribution in [3.05, 3.63) is 46.3 Å². The largest absolute Gasteiger partial charge is 0.357 e. The number of carbonyl (C=O) groups excluding carboxylic acids is 1. The lowest BCUT2D eigenvalue weighted by Gasteiger charge is -2.20. The smallest absolute Gasteiger partial charge is 0.220 e. The van der Waals surface area contributed by atoms with Crippen LogP contribution in [0.2, 0.25) is 0 Å². The normalized spacial score (nSPS) is 10.5. The van der Waals surface area contributed by atoms with Gasteiger partial charge in [0.25, 0.3) is 0 Å². The first-order chi connectivity index (χ1) is 11.2. The first-order valence-corrected chi connectivity index (χ1v) is 9.09. The summed E-state index contributed by atoms with van der Waals surface area (Å²) in [4.78, 5) is 19.9. The molecule has 4 nitrogen and oxygen atoms in total. The number of thiophene rings is 1. The van der Waals surface area contributed by atoms with Gasteiger partial charge in [0.1, 0.15) is 5.82 Å². The third-order valence-corrected chi connectivity index (χ3v) is 4.75. The maximum atomic E-state index is 11.9. The predicted octanol–water partition coefficient (Wildman–Crippen LogP) is 3.28. The van der Waals surface area contributed by atoms with Crippen LogP contribution in [0.15, 0.2) is 35.8 Å². The summed E-state index contributed by atoms with van der Waals surface area (Å²) in [6, 6.07) is 8.22. The van der Waals surface area contributed by atoms with Crippen LogP contribution in [0.4, 0.5) is 5.82 Å². The Balaban J connectivity index is 1.76. The number of anilines is 1. The molecule has 0 bridgehead atoms. The molecule has 2 aromatic heterocycles. The highest BCUT2D eigenvalue weighted by Gasteiger charge is 2.06. The van der Waals surface area contributed by atoms with Gasteiger partial charge in [0.2, 0.25) is 5.91 Å². The van der Waals surface area contributed by atoms with Gasteiger partial charge in [-0.2, -0.15) is 0 Å². The number of hydrogen-bond donors (Lipinski definition) is 1. The molecule has 0 unspecified atom stereocenters. The maximum absolute atomic E-state index is 11.9. The van der Waals surface area contributed by atoms with Gasteiger partial charge in [-0.3, -0.25) is 4.79 Å². The van der Waals surface area contributed by atoms with E-state index < -0.39 is 0 Å². The molecule has 0 aliphatic carbocycles. The standard InChI is InChI=1S/C18H25N3OS/c1-3-21(4-2)17-14-15(9-11-19-17)7-8-18(22)20-12-10-16-6-5-13-23-16/h5-6,9,11,13-14H,3-4,7-8,10,12H2,1-2H3,(H,20,22). The Labute approximate surface area is 142 Å². The topological polar surface area (TPSA) is 45.2 Å². The van der Waals surface area contributed by atoms with Crippen LogP contribution in [0.25, 0.3) is 0 Å². The summed E-state index contributed by atoms with van der Waals surface area (Å²) in [6.07, 6.45) is 4.01. The van der Waals surface area contributed by atoms with E-state index in [9.17, 15) is 4.79 Å². The average Bonchev–Trinajstić information content (AvgIpc) is 3.08. The summed E-state index contributed by atoms with van der Waals surface area (Å²) in [5.41, 5.74) is 1.16. The Kier molecular flexibility index (Phi) is 7.07. The molecule has 1 amide bonds. The lowest BCUT2D eigenvalue weighted by atomic mass is 10.1. The molecular formula is C18H25N3OS. The van der Waals surface area contributed by atoms with Gasteiger partial charge in [-0.1, -0.05) is 6.07 Å². The number of aryl methyl sites for hydroxylation is 1. The number of nitrogens with one attached hydrogen (secondary N) is 1. The molecule has 0 atom stereocenters. The number of hydrogen-bond acceptors (Lipinski definition) is 4. The van der Waals surface area contributed by atoms with Gasteiger partial charge < -0.3 is 10.2 Å². The van der Waals surface area contributed by atoms with E-state index in [0.717, 1.165) is 37.3 Å². The Bertz CT molecular complexity index is 594. The average molecular weight is 331 g/mol. The van der Waals surface area contributed by atoms with E-state index in [1.165, 1.54) is 4.88 Å². The second kappa shape index (κ2) is 9.30. The molecule has 124 valence electrons. The van der Waals surface area contributed by atoms with E-state index in [4.69, 9.17) is 0 Å². The molecule has 0 saturated carbocycles. The van der Waals surface area contributed by atoms with Crippen molar-refractivity contribution in [2.75, 3.05) is 24.5 Å². The molecule has 5 heteroatoms. The number of carbonyl (C=O) groups is 1. The van der Waals surface area contributed by atoms with Gasteiger partial charge in [0, 0.05) is 37.1 Å². The van der Waals surface area contributed by atoms with E-state index in [-0.39, 0.29) is 5.91 Å². The van der Waals surface area contributed by atoms with E-state index >= 15 is 0 Å². The molecule has 2 heterocycles. The van der Waals surface area contributed by atoms with Crippen LogP contribution in [0.5, 0.6) is 0 Å². The van der Waals surface area contributed by atoms with Crippen molar-refractivity contribution in [3.63, 3.8) is 0 Å². The summed E-state index contributed by atoms with van der Waals surface area (Å²) >= 11 is 1.73. The zero-order valence-corrected chi connectivity index (χ0v) is 14.7. The Hall–Kier alpha value is -1.88. The van der Waals surface area contributed by atoms with E-state index in [0.29, 0.717) is 13.0 Å². The van der Waals surface area contributed by atoms with Crippen LogP contribution in [0.3, 0.4) is 0 Å². The Morgan fingerprint density at radius 3 is 2.78 bits per heavy atom. The van der Waals surface area contributed by atoms with Crippen molar-refractivity contribution < 1.29 is 4.79 Å². The summed E-state index contributed by atoms with van der Waals surface area (Å²) in [7, 11) is 0. The minimum absolute atomic E-state index is 0.114. The van der Waals surface area contributed by atoms with E-state index in [2.05, 4.69) is 46.6 Å². The summed E-state index contributed by atoms with van der Waals surface area (Å²) < 4.78 is 0. The molecule has 0 aliphatic heterocycles. The van der Waals surface area contributed by atoms with Crippen molar-refractivity contribution in [1.82, 2.24) is 10.3 Å². The van der Waals surface area contributed by atoms with E-state index in [1.807, 2.05) is 18.3 Å². The molecule has 2 aromatic rings. The highest BCUT2D eigenvalue weighted by molar-refractivity contribution is 7.09. The summed E-state index contributed by atoms with van der Waals surface area (Å²) in [5, 5.41) is 5.06. The molecule has 0 aromatic carbocycles. The first kappa shape index (κ1) is 17.5. The molecule has 0 fully saturated rings. The molecular weight excluding hydrogens is 306 g/mol. The quantitative estimate of drug-likeness (QED) is 0.767. The molecule has 1 N–H and O–H groups in total. The van der Waals surface area contributed by atoms with Crippen molar-refractivity contribution in [1.29, 1.82) is 0 Å². The SMILES string of the molecule is CCN(CC)c1cc(CCC(=O)NCCc2cccs2)ccn1. The molecule has 0 saturated heterocycles. The zero-order valence-electron chi connectivity index (χ0n) is 13.9. The van der Waals surface area contributed by atoms with Crippen LogP contribution in [0, 0.1) is 0 Å². The first-order valence-electron chi connectivity index (χ1n) is 8.21. The maximum Gasteiger partial charge on any atom is 0.220 e. The van der Waals surface area contributed by atoms with E-state index in [1.54, 1.807) is 11.3 Å². The summed E-state index contributed by atoms with van der Waals surface area (Å²) in [5.74, 6) is 1.10. The van der Waals surface area contributed by atoms with Crippen molar-refractivity contribution >= 4 is 23.1 Å². The number of aromatic nitrogens is 1. The van der Waals surface area contributed by atoms with Crippen molar-refractivity contribution in [3.8, 4) is 0 Å². The van der Waals surface area contributed by atoms with Gasteiger partial charge in [0.15, 0.2) is 0 Å². The number of rotatable bonds is 9. The molecule has 0 spiro atoms. The monoisotopic (exact) mass is 331 g/mol. The number of pyridine rings is 1. The fourth-order valence-electron chi connectivity index (χ4n) is 2.46. The lowest BCUT2D eigenvalue weighted by Crippen LogP contribution is -2.26. The van der Waals surface area contributed by atoms with Crippen LogP contribution < -0.4 is 10.2 Å². The minimum atomic E-state index is 0.114. The fourth-order valence-corrected chi connectivity index (χ4v) is 3.17. The van der Waals surface area contributed by atoms with Crippen LogP contribution in [-0.2, 0) is 17.6 Å². The summed E-state index contributed by atoms with van der Waals surface area (Å²) in [6.45, 7) is 6.84. The number of amides is 1. The third-order valence-electron chi connectivity index (χ3n) is 3.81. The minimum Gasteiger partial charge on any atom is -0.357 e. The molecule has 23 heavy (non-hydrogen) atoms. The predicted molar refractivity (Wildman–Crippen MR) is 97.2 cm³/mol. The van der Waals surface area contributed by atoms with Crippen LogP contribution >= 0.6 is 11.3 Å². The molecule has 2 rings (SSSR count). The van der Waals surface area contributed by atoms with Crippen molar-refractivity contribution in [2.45, 2.75) is 33.1 Å². The molecule has 0 radical (unpaired) electrons. The second-order valence-corrected chi connectivity index (χ2v) is 6.41. The van der Waals surface area contributed by atoms with Gasteiger partial charge in [0.05, 0.1) is 0 Å². The van der Waals surface area contributed by atoms with Gasteiger partial charge in [-0.15, -0.1) is 11.3 Å². The van der Waals surface area contributed by atoms with Gasteiger partial charge >= 0.3 is 0 Å². The van der Waals surface area contributed by atoms with Crippen LogP contribution in [-0.4, -0.2) is 30.5 Å². The van der Waals surface area contributed by atoms with Crippen LogP contribution in [0.1, 0.15) is 30.7 Å². The third kappa shape index (κ3) is 5.67. The second-order valence-electron chi connectivity index (χ2n) is 5.37. The lowest BCUT2D eigenvalue weighted by molar-refractivity contribution is -0.121. The van der Waals surface area contributed by atoms with Gasteiger partial charge in [-0.25, -0.2) is 4.98 Å². The Morgan fingerprint density at radius 1 is 1.26 bits per heavy atom. The fraction of sp³-hybridized carbons (Fsp3) is 0.444. The number of nitrogens with zero attached hydrogens (tertiary/aromatic N) is 2. The zero-order chi connectivity index (χ0) is 16.5. The Morgan fingerprint density at radius 2 is 2.09 bits per heavy atom.